The van der Waals surface area contributed by atoms with Gasteiger partial charge >= 0.3 is 0 Å². The van der Waals surface area contributed by atoms with Gasteiger partial charge in [-0.05, 0) is 43.5 Å². The molecule has 0 bridgehead atoms. The Kier molecular flexibility index (Phi) is 8.71. The van der Waals surface area contributed by atoms with Crippen LogP contribution in [-0.4, -0.2) is 68.7 Å². The van der Waals surface area contributed by atoms with E-state index in [1.165, 1.54) is 29.3 Å². The molecule has 1 fully saturated rings. The number of nitrogens with one attached hydrogen (secondary N) is 2. The van der Waals surface area contributed by atoms with E-state index in [1.807, 2.05) is 6.07 Å². The van der Waals surface area contributed by atoms with Crippen molar-refractivity contribution in [3.8, 4) is 11.3 Å². The molecule has 216 valence electrons. The minimum absolute atomic E-state index is 0.0962. The first-order chi connectivity index (χ1) is 19.7. The Bertz CT molecular complexity index is 1440. The number of rotatable bonds is 9. The second-order valence-electron chi connectivity index (χ2n) is 9.93. The van der Waals surface area contributed by atoms with Gasteiger partial charge in [-0.15, -0.1) is 0 Å². The molecule has 3 N–H and O–H groups in total. The van der Waals surface area contributed by atoms with E-state index >= 15 is 0 Å². The molecule has 0 radical (unpaired) electrons. The van der Waals surface area contributed by atoms with Crippen LogP contribution in [0.5, 0.6) is 0 Å². The topological polar surface area (TPSA) is 130 Å². The fourth-order valence-corrected chi connectivity index (χ4v) is 5.08. The lowest BCUT2D eigenvalue weighted by atomic mass is 10.0. The molecule has 2 atom stereocenters. The van der Waals surface area contributed by atoms with E-state index < -0.39 is 36.7 Å². The number of hydrogen-bond donors (Lipinski definition) is 3. The van der Waals surface area contributed by atoms with Crippen LogP contribution >= 0.6 is 11.6 Å². The zero-order chi connectivity index (χ0) is 29.1. The van der Waals surface area contributed by atoms with Crippen molar-refractivity contribution in [1.82, 2.24) is 25.2 Å². The molecule has 2 aromatic heterocycles. The predicted molar refractivity (Wildman–Crippen MR) is 146 cm³/mol. The number of fused-ring (bicyclic) bond motifs is 1. The second-order valence-corrected chi connectivity index (χ2v) is 10.3. The van der Waals surface area contributed by atoms with Crippen LogP contribution in [0.1, 0.15) is 59.5 Å². The van der Waals surface area contributed by atoms with E-state index in [1.54, 1.807) is 19.1 Å². The molecule has 2 aliphatic heterocycles. The highest BCUT2D eigenvalue weighted by Gasteiger charge is 2.35. The number of carbonyl (C=O) groups excluding carboxylic acids is 2. The number of halogens is 3. The Balaban J connectivity index is 1.30. The van der Waals surface area contributed by atoms with E-state index in [0.717, 1.165) is 18.4 Å². The van der Waals surface area contributed by atoms with Crippen molar-refractivity contribution in [3.63, 3.8) is 0 Å². The third-order valence-electron chi connectivity index (χ3n) is 7.23. The molecule has 0 spiro atoms. The number of anilines is 1. The van der Waals surface area contributed by atoms with Crippen molar-refractivity contribution < 1.29 is 28.2 Å². The van der Waals surface area contributed by atoms with Crippen LogP contribution < -0.4 is 10.6 Å². The normalized spacial score (nSPS) is 16.9. The summed E-state index contributed by atoms with van der Waals surface area (Å²) in [6.07, 6.45) is 0.409. The van der Waals surface area contributed by atoms with Gasteiger partial charge in [0.15, 0.2) is 0 Å². The number of amides is 2. The lowest BCUT2D eigenvalue weighted by molar-refractivity contribution is -0.126. The Morgan fingerprint density at radius 1 is 1.20 bits per heavy atom. The molecule has 2 amide bonds. The number of aliphatic hydroxyl groups excluding tert-OH is 1. The monoisotopic (exact) mass is 586 g/mol. The first kappa shape index (κ1) is 28.8. The summed E-state index contributed by atoms with van der Waals surface area (Å²) < 4.78 is 31.6. The average Bonchev–Trinajstić information content (AvgIpc) is 3.32. The van der Waals surface area contributed by atoms with Crippen molar-refractivity contribution in [1.29, 1.82) is 0 Å². The van der Waals surface area contributed by atoms with Gasteiger partial charge in [0.25, 0.3) is 12.3 Å². The molecule has 41 heavy (non-hydrogen) atoms. The van der Waals surface area contributed by atoms with Gasteiger partial charge in [0.05, 0.1) is 35.3 Å². The van der Waals surface area contributed by atoms with E-state index in [2.05, 4.69) is 25.6 Å². The minimum atomic E-state index is -2.79. The Labute approximate surface area is 240 Å². The van der Waals surface area contributed by atoms with Gasteiger partial charge in [-0.3, -0.25) is 9.59 Å². The van der Waals surface area contributed by atoms with Gasteiger partial charge in [-0.25, -0.2) is 23.7 Å². The van der Waals surface area contributed by atoms with Crippen molar-refractivity contribution in [3.05, 3.63) is 70.1 Å². The molecule has 13 heteroatoms. The Hall–Kier alpha value is -3.74. The van der Waals surface area contributed by atoms with Crippen LogP contribution in [0.2, 0.25) is 5.02 Å². The number of nitrogens with zero attached hydrogens (tertiary/aromatic N) is 4. The van der Waals surface area contributed by atoms with Crippen molar-refractivity contribution >= 4 is 29.4 Å². The zero-order valence-electron chi connectivity index (χ0n) is 22.2. The van der Waals surface area contributed by atoms with E-state index in [-0.39, 0.29) is 24.2 Å². The highest BCUT2D eigenvalue weighted by atomic mass is 35.5. The smallest absolute Gasteiger partial charge is 0.280 e. The largest absolute Gasteiger partial charge is 0.394 e. The second kappa shape index (κ2) is 12.4. The number of aliphatic hydroxyl groups is 1. The predicted octanol–water partition coefficient (Wildman–Crippen LogP) is 3.91. The van der Waals surface area contributed by atoms with E-state index in [4.69, 9.17) is 16.3 Å². The summed E-state index contributed by atoms with van der Waals surface area (Å²) in [5.74, 6) is -0.479. The molecule has 0 unspecified atom stereocenters. The van der Waals surface area contributed by atoms with Crippen LogP contribution in [0.25, 0.3) is 11.3 Å². The van der Waals surface area contributed by atoms with Gasteiger partial charge in [-0.2, -0.15) is 0 Å². The summed E-state index contributed by atoms with van der Waals surface area (Å²) in [4.78, 5) is 40.6. The van der Waals surface area contributed by atoms with Crippen molar-refractivity contribution in [2.75, 3.05) is 25.1 Å². The molecule has 4 heterocycles. The molecule has 0 saturated carbocycles. The summed E-state index contributed by atoms with van der Waals surface area (Å²) in [5, 5.41) is 16.1. The molecular weight excluding hydrogens is 558 g/mol. The number of hydrogen-bond acceptors (Lipinski definition) is 8. The summed E-state index contributed by atoms with van der Waals surface area (Å²) in [6.45, 7) is 2.54. The van der Waals surface area contributed by atoms with Gasteiger partial charge in [0.1, 0.15) is 11.7 Å². The highest BCUT2D eigenvalue weighted by Crippen LogP contribution is 2.32. The fourth-order valence-electron chi connectivity index (χ4n) is 4.88. The lowest BCUT2D eigenvalue weighted by Crippen LogP contribution is -2.47. The zero-order valence-corrected chi connectivity index (χ0v) is 22.9. The standard InChI is InChI=1S/C28H29ClF2N6O4/c1-15(26(39)35-23(14-38)21-3-2-4-22(34-21)25(30)31)37-13-17-6-5-16(11-19(17)27(37)40)24-20(29)12-32-28(36-24)33-18-7-9-41-10-8-18/h2-6,11-12,15,18,23,25,38H,7-10,13-14H2,1H3,(H,35,39)(H,32,33,36)/t15-,23-/m1/s1. The summed E-state index contributed by atoms with van der Waals surface area (Å²) in [6, 6.07) is 7.57. The first-order valence-electron chi connectivity index (χ1n) is 13.2. The van der Waals surface area contributed by atoms with Crippen LogP contribution in [0.3, 0.4) is 0 Å². The summed E-state index contributed by atoms with van der Waals surface area (Å²) in [7, 11) is 0. The maximum Gasteiger partial charge on any atom is 0.280 e. The molecule has 1 saturated heterocycles. The summed E-state index contributed by atoms with van der Waals surface area (Å²) in [5.41, 5.74) is 1.89. The van der Waals surface area contributed by atoms with Gasteiger partial charge in [0.2, 0.25) is 11.9 Å². The number of pyridine rings is 1. The van der Waals surface area contributed by atoms with E-state index in [9.17, 15) is 23.5 Å². The molecular formula is C28H29ClF2N6O4. The Morgan fingerprint density at radius 3 is 2.68 bits per heavy atom. The maximum absolute atomic E-state index is 13.4. The van der Waals surface area contributed by atoms with Gasteiger partial charge in [0, 0.05) is 36.9 Å². The number of benzene rings is 1. The first-order valence-corrected chi connectivity index (χ1v) is 13.6. The lowest BCUT2D eigenvalue weighted by Gasteiger charge is -2.25. The molecule has 1 aromatic carbocycles. The minimum Gasteiger partial charge on any atom is -0.394 e. The van der Waals surface area contributed by atoms with E-state index in [0.29, 0.717) is 41.0 Å². The van der Waals surface area contributed by atoms with Gasteiger partial charge in [-0.1, -0.05) is 29.8 Å². The molecule has 5 rings (SSSR count). The number of alkyl halides is 2. The number of carbonyl (C=O) groups is 2. The average molecular weight is 587 g/mol. The molecule has 3 aromatic rings. The van der Waals surface area contributed by atoms with Crippen LogP contribution in [0, 0.1) is 0 Å². The van der Waals surface area contributed by atoms with Crippen LogP contribution in [-0.2, 0) is 16.1 Å². The third-order valence-corrected chi connectivity index (χ3v) is 7.51. The molecule has 0 aliphatic carbocycles. The summed E-state index contributed by atoms with van der Waals surface area (Å²) >= 11 is 6.43. The van der Waals surface area contributed by atoms with Crippen LogP contribution in [0.4, 0.5) is 14.7 Å². The molecule has 2 aliphatic rings. The maximum atomic E-state index is 13.4. The van der Waals surface area contributed by atoms with Crippen molar-refractivity contribution in [2.24, 2.45) is 0 Å². The van der Waals surface area contributed by atoms with Crippen LogP contribution in [0.15, 0.2) is 42.6 Å². The number of ether oxygens (including phenoxy) is 1. The highest BCUT2D eigenvalue weighted by molar-refractivity contribution is 6.33. The Morgan fingerprint density at radius 2 is 1.95 bits per heavy atom. The fraction of sp³-hybridized carbons (Fsp3) is 0.393. The SMILES string of the molecule is C[C@H](C(=O)N[C@H](CO)c1cccc(C(F)F)n1)N1Cc2ccc(-c3nc(NC4CCOCC4)ncc3Cl)cc2C1=O. The molecule has 10 nitrogen and oxygen atoms in total. The van der Waals surface area contributed by atoms with Crippen molar-refractivity contribution in [2.45, 2.75) is 50.9 Å². The van der Waals surface area contributed by atoms with Gasteiger partial charge < -0.3 is 25.4 Å². The third kappa shape index (κ3) is 6.29. The number of aromatic nitrogens is 3. The quantitative estimate of drug-likeness (QED) is 0.344.